The van der Waals surface area contributed by atoms with Crippen molar-refractivity contribution in [3.05, 3.63) is 58.9 Å². The molecule has 0 saturated heterocycles. The number of halogens is 2. The Labute approximate surface area is 128 Å². The molecule has 2 heterocycles. The molecular formula is C18H18F2N2. The molecule has 2 aromatic heterocycles. The van der Waals surface area contributed by atoms with Crippen LogP contribution in [0.1, 0.15) is 36.7 Å². The number of rotatable bonds is 2. The van der Waals surface area contributed by atoms with E-state index in [9.17, 15) is 8.78 Å². The Bertz CT molecular complexity index is 843. The van der Waals surface area contributed by atoms with E-state index in [1.807, 2.05) is 23.6 Å². The first kappa shape index (κ1) is 14.7. The molecule has 2 nitrogen and oxygen atoms in total. The second-order valence-corrected chi connectivity index (χ2v) is 5.91. The van der Waals surface area contributed by atoms with Crippen LogP contribution in [0.5, 0.6) is 0 Å². The van der Waals surface area contributed by atoms with Crippen LogP contribution >= 0.6 is 0 Å². The zero-order chi connectivity index (χ0) is 16.0. The fourth-order valence-electron chi connectivity index (χ4n) is 3.08. The minimum absolute atomic E-state index is 0.00596. The van der Waals surface area contributed by atoms with Crippen LogP contribution in [0.4, 0.5) is 8.78 Å². The molecule has 0 fully saturated rings. The number of pyridine rings is 1. The Kier molecular flexibility index (Phi) is 3.47. The number of fused-ring (bicyclic) bond motifs is 1. The predicted molar refractivity (Wildman–Crippen MR) is 84.1 cm³/mol. The van der Waals surface area contributed by atoms with Gasteiger partial charge in [-0.1, -0.05) is 26.0 Å². The molecule has 0 atom stereocenters. The van der Waals surface area contributed by atoms with Gasteiger partial charge in [-0.25, -0.2) is 13.3 Å². The van der Waals surface area contributed by atoms with Crippen molar-refractivity contribution in [3.63, 3.8) is 0 Å². The Morgan fingerprint density at radius 2 is 1.59 bits per heavy atom. The van der Waals surface area contributed by atoms with Crippen molar-refractivity contribution in [3.8, 4) is 11.1 Å². The van der Waals surface area contributed by atoms with E-state index in [1.165, 1.54) is 18.2 Å². The van der Waals surface area contributed by atoms with Gasteiger partial charge >= 0.3 is 0 Å². The molecule has 0 unspecified atom stereocenters. The van der Waals surface area contributed by atoms with Crippen molar-refractivity contribution in [1.82, 2.24) is 9.61 Å². The fraction of sp³-hybridized carbons (Fsp3) is 0.278. The molecule has 0 amide bonds. The van der Waals surface area contributed by atoms with Crippen LogP contribution in [-0.2, 0) is 0 Å². The third-order valence-electron chi connectivity index (χ3n) is 3.98. The predicted octanol–water partition coefficient (Wildman–Crippen LogP) is 5.02. The topological polar surface area (TPSA) is 17.3 Å². The summed E-state index contributed by atoms with van der Waals surface area (Å²) < 4.78 is 30.2. The van der Waals surface area contributed by atoms with Crippen LogP contribution in [-0.4, -0.2) is 9.61 Å². The summed E-state index contributed by atoms with van der Waals surface area (Å²) in [5.41, 5.74) is 4.05. The Hall–Kier alpha value is -2.23. The smallest absolute Gasteiger partial charge is 0.134 e. The molecule has 0 bridgehead atoms. The lowest BCUT2D eigenvalue weighted by molar-refractivity contribution is 0.589. The molecule has 3 rings (SSSR count). The van der Waals surface area contributed by atoms with Crippen LogP contribution in [0.3, 0.4) is 0 Å². The zero-order valence-electron chi connectivity index (χ0n) is 13.1. The van der Waals surface area contributed by atoms with Crippen molar-refractivity contribution in [2.75, 3.05) is 0 Å². The van der Waals surface area contributed by atoms with Crippen LogP contribution in [0.15, 0.2) is 30.3 Å². The van der Waals surface area contributed by atoms with E-state index in [2.05, 4.69) is 18.9 Å². The molecule has 1 aromatic carbocycles. The summed E-state index contributed by atoms with van der Waals surface area (Å²) in [6.07, 6.45) is 0. The summed E-state index contributed by atoms with van der Waals surface area (Å²) in [7, 11) is 0. The third-order valence-corrected chi connectivity index (χ3v) is 3.98. The largest absolute Gasteiger partial charge is 0.236 e. The number of aryl methyl sites for hydroxylation is 2. The summed E-state index contributed by atoms with van der Waals surface area (Å²) in [5, 5.41) is 4.54. The van der Waals surface area contributed by atoms with Crippen LogP contribution in [0.2, 0.25) is 0 Å². The van der Waals surface area contributed by atoms with Gasteiger partial charge in [0.15, 0.2) is 0 Å². The maximum absolute atomic E-state index is 14.2. The van der Waals surface area contributed by atoms with Gasteiger partial charge in [0, 0.05) is 11.3 Å². The van der Waals surface area contributed by atoms with E-state index in [0.717, 1.165) is 16.8 Å². The van der Waals surface area contributed by atoms with E-state index < -0.39 is 11.6 Å². The molecule has 0 aliphatic heterocycles. The zero-order valence-corrected chi connectivity index (χ0v) is 13.1. The Balaban J connectivity index is 2.42. The molecule has 0 aliphatic carbocycles. The van der Waals surface area contributed by atoms with Crippen LogP contribution in [0, 0.1) is 25.5 Å². The summed E-state index contributed by atoms with van der Waals surface area (Å²) in [4.78, 5) is 0. The second-order valence-electron chi connectivity index (χ2n) is 5.91. The third kappa shape index (κ3) is 2.10. The lowest BCUT2D eigenvalue weighted by Gasteiger charge is -2.12. The van der Waals surface area contributed by atoms with Crippen molar-refractivity contribution >= 4 is 5.52 Å². The summed E-state index contributed by atoms with van der Waals surface area (Å²) in [6.45, 7) is 7.98. The number of hydrogen-bond acceptors (Lipinski definition) is 1. The van der Waals surface area contributed by atoms with Gasteiger partial charge in [0.1, 0.15) is 11.6 Å². The van der Waals surface area contributed by atoms with Crippen LogP contribution < -0.4 is 0 Å². The SMILES string of the molecule is Cc1ccc2c(-c3c(F)cccc3F)c(C)nn2c1C(C)C. The molecule has 0 N–H and O–H groups in total. The van der Waals surface area contributed by atoms with E-state index in [4.69, 9.17) is 0 Å². The average Bonchev–Trinajstić information content (AvgIpc) is 2.74. The highest BCUT2D eigenvalue weighted by molar-refractivity contribution is 5.83. The number of aromatic nitrogens is 2. The average molecular weight is 300 g/mol. The van der Waals surface area contributed by atoms with E-state index in [1.54, 1.807) is 6.92 Å². The van der Waals surface area contributed by atoms with Crippen molar-refractivity contribution < 1.29 is 8.78 Å². The van der Waals surface area contributed by atoms with Crippen molar-refractivity contribution in [2.24, 2.45) is 0 Å². The van der Waals surface area contributed by atoms with E-state index in [-0.39, 0.29) is 11.5 Å². The van der Waals surface area contributed by atoms with E-state index >= 15 is 0 Å². The molecule has 4 heteroatoms. The second kappa shape index (κ2) is 5.20. The molecule has 3 aromatic rings. The minimum Gasteiger partial charge on any atom is -0.236 e. The van der Waals surface area contributed by atoms with Gasteiger partial charge in [-0.2, -0.15) is 5.10 Å². The summed E-state index contributed by atoms with van der Waals surface area (Å²) in [5.74, 6) is -0.865. The number of nitrogens with zero attached hydrogens (tertiary/aromatic N) is 2. The van der Waals surface area contributed by atoms with Gasteiger partial charge in [0.05, 0.1) is 16.8 Å². The van der Waals surface area contributed by atoms with Crippen molar-refractivity contribution in [1.29, 1.82) is 0 Å². The van der Waals surface area contributed by atoms with Gasteiger partial charge in [0.25, 0.3) is 0 Å². The molecular weight excluding hydrogens is 282 g/mol. The molecule has 0 radical (unpaired) electrons. The van der Waals surface area contributed by atoms with Gasteiger partial charge in [-0.05, 0) is 43.5 Å². The van der Waals surface area contributed by atoms with Gasteiger partial charge in [-0.3, -0.25) is 0 Å². The van der Waals surface area contributed by atoms with Gasteiger partial charge < -0.3 is 0 Å². The fourth-order valence-corrected chi connectivity index (χ4v) is 3.08. The summed E-state index contributed by atoms with van der Waals surface area (Å²) >= 11 is 0. The van der Waals surface area contributed by atoms with Crippen molar-refractivity contribution in [2.45, 2.75) is 33.6 Å². The Morgan fingerprint density at radius 1 is 0.955 bits per heavy atom. The molecule has 0 saturated carbocycles. The highest BCUT2D eigenvalue weighted by Gasteiger charge is 2.21. The lowest BCUT2D eigenvalue weighted by Crippen LogP contribution is -2.03. The standard InChI is InChI=1S/C18H18F2N2/c1-10(2)18-11(3)8-9-15-16(12(4)21-22(15)18)17-13(19)6-5-7-14(17)20/h5-10H,1-4H3. The maximum Gasteiger partial charge on any atom is 0.134 e. The molecule has 0 aliphatic rings. The first-order valence-corrected chi connectivity index (χ1v) is 7.35. The molecule has 0 spiro atoms. The number of hydrogen-bond donors (Lipinski definition) is 0. The quantitative estimate of drug-likeness (QED) is 0.649. The van der Waals surface area contributed by atoms with Gasteiger partial charge in [-0.15, -0.1) is 0 Å². The highest BCUT2D eigenvalue weighted by Crippen LogP contribution is 2.34. The highest BCUT2D eigenvalue weighted by atomic mass is 19.1. The van der Waals surface area contributed by atoms with Crippen LogP contribution in [0.25, 0.3) is 16.6 Å². The maximum atomic E-state index is 14.2. The Morgan fingerprint density at radius 3 is 2.18 bits per heavy atom. The monoisotopic (exact) mass is 300 g/mol. The molecule has 22 heavy (non-hydrogen) atoms. The van der Waals surface area contributed by atoms with Gasteiger partial charge in [0.2, 0.25) is 0 Å². The lowest BCUT2D eigenvalue weighted by atomic mass is 10.0. The molecule has 114 valence electrons. The first-order valence-electron chi connectivity index (χ1n) is 7.35. The van der Waals surface area contributed by atoms with E-state index in [0.29, 0.717) is 11.3 Å². The number of benzene rings is 1. The summed E-state index contributed by atoms with van der Waals surface area (Å²) in [6, 6.07) is 7.78. The minimum atomic E-state index is -0.565. The normalized spacial score (nSPS) is 11.6. The first-order chi connectivity index (χ1) is 10.4.